The zero-order valence-electron chi connectivity index (χ0n) is 19.5. The Hall–Kier alpha value is -2.39. The molecule has 3 rings (SSSR count). The fraction of sp³-hybridized carbons (Fsp3) is 0.565. The van der Waals surface area contributed by atoms with Gasteiger partial charge in [0.1, 0.15) is 5.76 Å². The number of sulfonamides is 1. The highest BCUT2D eigenvalue weighted by molar-refractivity contribution is 7.89. The van der Waals surface area contributed by atoms with Gasteiger partial charge in [-0.15, -0.1) is 0 Å². The first-order valence-electron chi connectivity index (χ1n) is 11.4. The summed E-state index contributed by atoms with van der Waals surface area (Å²) in [5.41, 5.74) is 3.14. The Kier molecular flexibility index (Phi) is 7.95. The Morgan fingerprint density at radius 3 is 2.44 bits per heavy atom. The average molecular weight is 463 g/mol. The first kappa shape index (κ1) is 24.3. The van der Waals surface area contributed by atoms with E-state index in [0.29, 0.717) is 25.2 Å². The highest BCUT2D eigenvalue weighted by Gasteiger charge is 2.25. The van der Waals surface area contributed by atoms with E-state index >= 15 is 0 Å². The number of benzene rings is 1. The van der Waals surface area contributed by atoms with Crippen molar-refractivity contribution in [1.82, 2.24) is 9.46 Å². The second-order valence-corrected chi connectivity index (χ2v) is 10.1. The van der Waals surface area contributed by atoms with Crippen molar-refractivity contribution in [3.05, 3.63) is 35.2 Å². The quantitative estimate of drug-likeness (QED) is 0.608. The number of carbonyl (C=O) groups is 1. The van der Waals surface area contributed by atoms with Crippen molar-refractivity contribution in [3.8, 4) is 0 Å². The first-order chi connectivity index (χ1) is 15.3. The summed E-state index contributed by atoms with van der Waals surface area (Å²) in [7, 11) is -3.62. The van der Waals surface area contributed by atoms with E-state index in [1.807, 2.05) is 33.8 Å². The highest BCUT2D eigenvalue weighted by atomic mass is 32.2. The largest absolute Gasteiger partial charge is 0.370 e. The molecular weight excluding hydrogens is 428 g/mol. The van der Waals surface area contributed by atoms with Crippen molar-refractivity contribution in [2.24, 2.45) is 0 Å². The minimum Gasteiger partial charge on any atom is -0.370 e. The summed E-state index contributed by atoms with van der Waals surface area (Å²) in [4.78, 5) is 15.3. The molecule has 1 amide bonds. The van der Waals surface area contributed by atoms with Gasteiger partial charge < -0.3 is 14.7 Å². The van der Waals surface area contributed by atoms with Crippen LogP contribution < -0.4 is 10.2 Å². The summed E-state index contributed by atoms with van der Waals surface area (Å²) in [6.07, 6.45) is 4.13. The monoisotopic (exact) mass is 462 g/mol. The summed E-state index contributed by atoms with van der Waals surface area (Å²) >= 11 is 0. The van der Waals surface area contributed by atoms with E-state index < -0.39 is 10.0 Å². The van der Waals surface area contributed by atoms with Crippen LogP contribution in [0, 0.1) is 13.8 Å². The molecular formula is C23H34N4O4S. The molecule has 0 saturated carbocycles. The number of aryl methyl sites for hydroxylation is 2. The van der Waals surface area contributed by atoms with Crippen molar-refractivity contribution in [2.45, 2.75) is 64.7 Å². The van der Waals surface area contributed by atoms with Crippen LogP contribution in [0.1, 0.15) is 56.5 Å². The maximum absolute atomic E-state index is 13.1. The molecule has 0 atom stereocenters. The van der Waals surface area contributed by atoms with Crippen molar-refractivity contribution < 1.29 is 17.7 Å². The molecule has 176 valence electrons. The van der Waals surface area contributed by atoms with Crippen molar-refractivity contribution >= 4 is 27.3 Å². The Bertz CT molecular complexity index is 1020. The molecule has 9 heteroatoms. The van der Waals surface area contributed by atoms with Gasteiger partial charge in [0.15, 0.2) is 0 Å². The van der Waals surface area contributed by atoms with Crippen LogP contribution in [0.2, 0.25) is 0 Å². The number of hydrogen-bond donors (Lipinski definition) is 1. The lowest BCUT2D eigenvalue weighted by atomic mass is 10.1. The summed E-state index contributed by atoms with van der Waals surface area (Å²) < 4.78 is 32.7. The van der Waals surface area contributed by atoms with E-state index in [9.17, 15) is 13.2 Å². The van der Waals surface area contributed by atoms with Crippen LogP contribution in [-0.4, -0.2) is 50.0 Å². The van der Waals surface area contributed by atoms with E-state index in [1.165, 1.54) is 10.7 Å². The predicted octanol–water partition coefficient (Wildman–Crippen LogP) is 3.88. The Balaban J connectivity index is 1.87. The van der Waals surface area contributed by atoms with E-state index in [4.69, 9.17) is 4.52 Å². The fourth-order valence-corrected chi connectivity index (χ4v) is 5.69. The number of aromatic nitrogens is 1. The number of anilines is 2. The lowest BCUT2D eigenvalue weighted by Gasteiger charge is -2.31. The molecule has 2 aromatic rings. The van der Waals surface area contributed by atoms with E-state index in [0.717, 1.165) is 48.6 Å². The van der Waals surface area contributed by atoms with E-state index in [-0.39, 0.29) is 17.2 Å². The molecule has 0 aliphatic carbocycles. The van der Waals surface area contributed by atoms with Crippen LogP contribution in [-0.2, 0) is 21.2 Å². The van der Waals surface area contributed by atoms with Crippen LogP contribution in [0.25, 0.3) is 0 Å². The van der Waals surface area contributed by atoms with Crippen LogP contribution in [0.3, 0.4) is 0 Å². The average Bonchev–Trinajstić information content (AvgIpc) is 3.10. The van der Waals surface area contributed by atoms with Gasteiger partial charge in [-0.05, 0) is 57.7 Å². The Morgan fingerprint density at radius 2 is 1.84 bits per heavy atom. The second kappa shape index (κ2) is 10.5. The molecule has 1 aliphatic rings. The number of amides is 1. The Morgan fingerprint density at radius 1 is 1.16 bits per heavy atom. The van der Waals surface area contributed by atoms with Crippen molar-refractivity contribution in [2.75, 3.05) is 36.4 Å². The van der Waals surface area contributed by atoms with Gasteiger partial charge in [0, 0.05) is 38.2 Å². The molecule has 8 nitrogen and oxygen atoms in total. The summed E-state index contributed by atoms with van der Waals surface area (Å²) in [6, 6.07) is 5.08. The zero-order valence-corrected chi connectivity index (χ0v) is 20.3. The minimum absolute atomic E-state index is 0.166. The second-order valence-electron chi connectivity index (χ2n) is 8.17. The van der Waals surface area contributed by atoms with Crippen LogP contribution in [0.4, 0.5) is 11.4 Å². The van der Waals surface area contributed by atoms with Gasteiger partial charge in [0.25, 0.3) is 0 Å². The summed E-state index contributed by atoms with van der Waals surface area (Å²) in [5, 5.41) is 6.92. The van der Waals surface area contributed by atoms with E-state index in [2.05, 4.69) is 15.4 Å². The maximum atomic E-state index is 13.1. The van der Waals surface area contributed by atoms with Gasteiger partial charge >= 0.3 is 0 Å². The molecule has 1 saturated heterocycles. The van der Waals surface area contributed by atoms with Crippen molar-refractivity contribution in [3.63, 3.8) is 0 Å². The normalized spacial score (nSPS) is 14.7. The fourth-order valence-electron chi connectivity index (χ4n) is 4.21. The van der Waals surface area contributed by atoms with Gasteiger partial charge in [-0.1, -0.05) is 19.0 Å². The number of nitrogens with zero attached hydrogens (tertiary/aromatic N) is 3. The third-order valence-corrected chi connectivity index (χ3v) is 8.11. The number of piperidine rings is 1. The standard InChI is InChI=1S/C23H34N4O4S/c1-5-27(6-2)32(29,30)19-10-12-22(26-14-8-7-9-15-26)21(16-19)24-23(28)13-11-20-17(3)25-31-18(20)4/h10,12,16H,5-9,11,13-15H2,1-4H3,(H,24,28). The first-order valence-corrected chi connectivity index (χ1v) is 12.8. The molecule has 32 heavy (non-hydrogen) atoms. The molecule has 1 aromatic carbocycles. The third kappa shape index (κ3) is 5.32. The maximum Gasteiger partial charge on any atom is 0.243 e. The molecule has 0 unspecified atom stereocenters. The van der Waals surface area contributed by atoms with Gasteiger partial charge in [0.2, 0.25) is 15.9 Å². The molecule has 0 radical (unpaired) electrons. The smallest absolute Gasteiger partial charge is 0.243 e. The molecule has 2 heterocycles. The highest BCUT2D eigenvalue weighted by Crippen LogP contribution is 2.32. The predicted molar refractivity (Wildman–Crippen MR) is 126 cm³/mol. The third-order valence-electron chi connectivity index (χ3n) is 6.07. The van der Waals surface area contributed by atoms with Gasteiger partial charge in [-0.25, -0.2) is 8.42 Å². The SMILES string of the molecule is CCN(CC)S(=O)(=O)c1ccc(N2CCCCC2)c(NC(=O)CCc2c(C)noc2C)c1. The van der Waals surface area contributed by atoms with Gasteiger partial charge in [-0.2, -0.15) is 4.31 Å². The molecule has 1 aromatic heterocycles. The molecule has 0 bridgehead atoms. The number of carbonyl (C=O) groups excluding carboxylic acids is 1. The van der Waals surface area contributed by atoms with Crippen LogP contribution in [0.5, 0.6) is 0 Å². The lowest BCUT2D eigenvalue weighted by molar-refractivity contribution is -0.116. The molecule has 0 spiro atoms. The van der Waals surface area contributed by atoms with Crippen LogP contribution in [0.15, 0.2) is 27.6 Å². The van der Waals surface area contributed by atoms with Gasteiger partial charge in [-0.3, -0.25) is 4.79 Å². The van der Waals surface area contributed by atoms with Crippen molar-refractivity contribution in [1.29, 1.82) is 0 Å². The zero-order chi connectivity index (χ0) is 23.3. The lowest BCUT2D eigenvalue weighted by Crippen LogP contribution is -2.32. The number of nitrogens with one attached hydrogen (secondary N) is 1. The van der Waals surface area contributed by atoms with Gasteiger partial charge in [0.05, 0.1) is 22.0 Å². The number of rotatable bonds is 9. The van der Waals surface area contributed by atoms with E-state index in [1.54, 1.807) is 12.1 Å². The molecule has 1 fully saturated rings. The molecule has 1 N–H and O–H groups in total. The minimum atomic E-state index is -3.62. The Labute approximate surface area is 191 Å². The molecule has 1 aliphatic heterocycles. The number of hydrogen-bond acceptors (Lipinski definition) is 6. The summed E-state index contributed by atoms with van der Waals surface area (Å²) in [6.45, 7) is 9.91. The summed E-state index contributed by atoms with van der Waals surface area (Å²) in [5.74, 6) is 0.553. The topological polar surface area (TPSA) is 95.8 Å². The van der Waals surface area contributed by atoms with Crippen LogP contribution >= 0.6 is 0 Å².